The highest BCUT2D eigenvalue weighted by molar-refractivity contribution is 5.86. The van der Waals surface area contributed by atoms with Crippen molar-refractivity contribution in [1.29, 1.82) is 0 Å². The molecule has 1 fully saturated rings. The first-order valence-corrected chi connectivity index (χ1v) is 7.38. The second-order valence-electron chi connectivity index (χ2n) is 5.36. The molecule has 1 aliphatic rings. The molecule has 1 aliphatic heterocycles. The number of carbonyl (C=O) groups excluding carboxylic acids is 1. The molecule has 0 bridgehead atoms. The number of nitro groups is 1. The molecule has 0 unspecified atom stereocenters. The number of hydrogen-bond acceptors (Lipinski definition) is 6. The summed E-state index contributed by atoms with van der Waals surface area (Å²) in [7, 11) is 1.38. The first kappa shape index (κ1) is 17.7. The van der Waals surface area contributed by atoms with Gasteiger partial charge in [-0.2, -0.15) is 0 Å². The number of carboxylic acids is 1. The van der Waals surface area contributed by atoms with Gasteiger partial charge in [-0.05, 0) is 18.9 Å². The van der Waals surface area contributed by atoms with Gasteiger partial charge in [0.15, 0.2) is 0 Å². The largest absolute Gasteiger partial charge is 0.496 e. The zero-order valence-electron chi connectivity index (χ0n) is 13.1. The summed E-state index contributed by atoms with van der Waals surface area (Å²) in [5, 5.41) is 22.6. The molecule has 0 aliphatic carbocycles. The summed E-state index contributed by atoms with van der Waals surface area (Å²) >= 11 is 0. The highest BCUT2D eigenvalue weighted by Gasteiger charge is 2.29. The molecule has 1 saturated heterocycles. The van der Waals surface area contributed by atoms with E-state index in [-0.39, 0.29) is 12.1 Å². The number of nitro benzene ring substituents is 1. The van der Waals surface area contributed by atoms with Gasteiger partial charge in [0, 0.05) is 30.7 Å². The molecule has 24 heavy (non-hydrogen) atoms. The van der Waals surface area contributed by atoms with Crippen LogP contribution >= 0.6 is 0 Å². The van der Waals surface area contributed by atoms with Crippen molar-refractivity contribution in [3.05, 3.63) is 33.9 Å². The fraction of sp³-hybridized carbons (Fsp3) is 0.467. The Labute approximate surface area is 137 Å². The maximum atomic E-state index is 12.0. The Kier molecular flexibility index (Phi) is 5.69. The van der Waals surface area contributed by atoms with E-state index in [2.05, 4.69) is 5.32 Å². The van der Waals surface area contributed by atoms with Gasteiger partial charge >= 0.3 is 5.97 Å². The van der Waals surface area contributed by atoms with E-state index >= 15 is 0 Å². The molecule has 1 amide bonds. The Balaban J connectivity index is 2.17. The van der Waals surface area contributed by atoms with Gasteiger partial charge in [-0.25, -0.2) is 4.79 Å². The van der Waals surface area contributed by atoms with Crippen molar-refractivity contribution in [2.75, 3.05) is 13.7 Å². The summed E-state index contributed by atoms with van der Waals surface area (Å²) < 4.78 is 10.3. The number of nitrogens with zero attached hydrogens (tertiary/aromatic N) is 1. The van der Waals surface area contributed by atoms with Crippen molar-refractivity contribution in [2.24, 2.45) is 0 Å². The van der Waals surface area contributed by atoms with Crippen LogP contribution in [0.25, 0.3) is 0 Å². The third kappa shape index (κ3) is 4.19. The van der Waals surface area contributed by atoms with E-state index in [4.69, 9.17) is 9.47 Å². The minimum absolute atomic E-state index is 0.140. The van der Waals surface area contributed by atoms with Gasteiger partial charge in [0.1, 0.15) is 17.9 Å². The van der Waals surface area contributed by atoms with Crippen LogP contribution in [0.2, 0.25) is 0 Å². The van der Waals surface area contributed by atoms with Crippen molar-refractivity contribution >= 4 is 17.6 Å². The quantitative estimate of drug-likeness (QED) is 0.558. The highest BCUT2D eigenvalue weighted by atomic mass is 16.6. The summed E-state index contributed by atoms with van der Waals surface area (Å²) in [6.45, 7) is 0.467. The average Bonchev–Trinajstić information content (AvgIpc) is 3.08. The monoisotopic (exact) mass is 338 g/mol. The molecule has 1 aromatic carbocycles. The van der Waals surface area contributed by atoms with Gasteiger partial charge in [-0.1, -0.05) is 0 Å². The average molecular weight is 338 g/mol. The number of methoxy groups -OCH3 is 1. The molecule has 0 radical (unpaired) electrons. The summed E-state index contributed by atoms with van der Waals surface area (Å²) in [6.07, 6.45) is 0.490. The Morgan fingerprint density at radius 2 is 2.29 bits per heavy atom. The number of aliphatic carboxylic acids is 1. The zero-order valence-corrected chi connectivity index (χ0v) is 13.1. The van der Waals surface area contributed by atoms with Gasteiger partial charge in [-0.15, -0.1) is 0 Å². The Hall–Kier alpha value is -2.68. The fourth-order valence-corrected chi connectivity index (χ4v) is 2.51. The van der Waals surface area contributed by atoms with E-state index in [0.29, 0.717) is 24.3 Å². The Morgan fingerprint density at radius 3 is 2.83 bits per heavy atom. The Morgan fingerprint density at radius 1 is 1.54 bits per heavy atom. The lowest BCUT2D eigenvalue weighted by atomic mass is 10.0. The lowest BCUT2D eigenvalue weighted by molar-refractivity contribution is -0.384. The summed E-state index contributed by atoms with van der Waals surface area (Å²) in [4.78, 5) is 33.8. The molecule has 130 valence electrons. The third-order valence-corrected chi connectivity index (χ3v) is 3.74. The van der Waals surface area contributed by atoms with Crippen LogP contribution in [-0.2, 0) is 20.7 Å². The van der Waals surface area contributed by atoms with E-state index in [1.165, 1.54) is 25.3 Å². The molecule has 0 spiro atoms. The number of amides is 1. The van der Waals surface area contributed by atoms with Crippen molar-refractivity contribution < 1.29 is 29.1 Å². The van der Waals surface area contributed by atoms with E-state index in [1.807, 2.05) is 0 Å². The van der Waals surface area contributed by atoms with Crippen LogP contribution in [0.15, 0.2) is 18.2 Å². The van der Waals surface area contributed by atoms with Crippen molar-refractivity contribution in [1.82, 2.24) is 5.32 Å². The molecule has 0 saturated carbocycles. The molecule has 2 atom stereocenters. The number of non-ortho nitro benzene ring substituents is 1. The van der Waals surface area contributed by atoms with E-state index in [9.17, 15) is 24.8 Å². The van der Waals surface area contributed by atoms with Gasteiger partial charge in [0.05, 0.1) is 12.0 Å². The lowest BCUT2D eigenvalue weighted by Gasteiger charge is -2.18. The number of hydrogen-bond donors (Lipinski definition) is 2. The van der Waals surface area contributed by atoms with E-state index < -0.39 is 28.9 Å². The molecular formula is C15H18N2O7. The van der Waals surface area contributed by atoms with Crippen LogP contribution in [-0.4, -0.2) is 47.8 Å². The third-order valence-electron chi connectivity index (χ3n) is 3.74. The van der Waals surface area contributed by atoms with Gasteiger partial charge in [-0.3, -0.25) is 14.9 Å². The van der Waals surface area contributed by atoms with Crippen molar-refractivity contribution in [3.8, 4) is 5.75 Å². The standard InChI is InChI=1S/C15H18N2O7/c1-23-12-5-4-10(17(21)22)7-9(12)8-11(15(19)20)16-14(18)13-3-2-6-24-13/h4-5,7,11,13H,2-3,6,8H2,1H3,(H,16,18)(H,19,20)/t11-,13+/m0/s1. The first-order valence-electron chi connectivity index (χ1n) is 7.38. The minimum Gasteiger partial charge on any atom is -0.496 e. The maximum absolute atomic E-state index is 12.0. The number of ether oxygens (including phenoxy) is 2. The molecule has 9 nitrogen and oxygen atoms in total. The number of rotatable bonds is 7. The number of nitrogens with one attached hydrogen (secondary N) is 1. The lowest BCUT2D eigenvalue weighted by Crippen LogP contribution is -2.46. The molecule has 1 heterocycles. The van der Waals surface area contributed by atoms with Crippen molar-refractivity contribution in [2.45, 2.75) is 31.4 Å². The molecular weight excluding hydrogens is 320 g/mol. The van der Waals surface area contributed by atoms with Crippen LogP contribution in [0.3, 0.4) is 0 Å². The smallest absolute Gasteiger partial charge is 0.326 e. The first-order chi connectivity index (χ1) is 11.4. The number of carboxylic acid groups (broad SMARTS) is 1. The predicted molar refractivity (Wildman–Crippen MR) is 81.9 cm³/mol. The highest BCUT2D eigenvalue weighted by Crippen LogP contribution is 2.25. The van der Waals surface area contributed by atoms with E-state index in [0.717, 1.165) is 6.42 Å². The molecule has 9 heteroatoms. The second-order valence-corrected chi connectivity index (χ2v) is 5.36. The normalized spacial score (nSPS) is 18.0. The van der Waals surface area contributed by atoms with Gasteiger partial charge in [0.25, 0.3) is 5.69 Å². The SMILES string of the molecule is COc1ccc([N+](=O)[O-])cc1C[C@H](NC(=O)[C@H]1CCCO1)C(=O)O. The topological polar surface area (TPSA) is 128 Å². The summed E-state index contributed by atoms with van der Waals surface area (Å²) in [5.41, 5.74) is 0.145. The summed E-state index contributed by atoms with van der Waals surface area (Å²) in [5.74, 6) is -1.42. The molecule has 2 N–H and O–H groups in total. The van der Waals surface area contributed by atoms with Crippen LogP contribution in [0, 0.1) is 10.1 Å². The molecule has 2 rings (SSSR count). The number of benzene rings is 1. The second kappa shape index (κ2) is 7.73. The zero-order chi connectivity index (χ0) is 17.7. The molecule has 0 aromatic heterocycles. The van der Waals surface area contributed by atoms with Gasteiger partial charge < -0.3 is 19.9 Å². The number of carbonyl (C=O) groups is 2. The summed E-state index contributed by atoms with van der Waals surface area (Å²) in [6, 6.07) is 2.67. The fourth-order valence-electron chi connectivity index (χ4n) is 2.51. The minimum atomic E-state index is -1.24. The van der Waals surface area contributed by atoms with Crippen molar-refractivity contribution in [3.63, 3.8) is 0 Å². The van der Waals surface area contributed by atoms with Gasteiger partial charge in [0.2, 0.25) is 5.91 Å². The van der Waals surface area contributed by atoms with E-state index in [1.54, 1.807) is 0 Å². The molecule has 1 aromatic rings. The maximum Gasteiger partial charge on any atom is 0.326 e. The predicted octanol–water partition coefficient (Wildman–Crippen LogP) is 0.894. The Bertz CT molecular complexity index is 641. The van der Waals surface area contributed by atoms with Crippen LogP contribution in [0.1, 0.15) is 18.4 Å². The van der Waals surface area contributed by atoms with Crippen LogP contribution in [0.5, 0.6) is 5.75 Å². The van der Waals surface area contributed by atoms with Crippen LogP contribution < -0.4 is 10.1 Å². The van der Waals surface area contributed by atoms with Crippen LogP contribution in [0.4, 0.5) is 5.69 Å².